The molecule has 0 radical (unpaired) electrons. The minimum absolute atomic E-state index is 0.0978. The smallest absolute Gasteiger partial charge is 0.224 e. The summed E-state index contributed by atoms with van der Waals surface area (Å²) in [5.74, 6) is 0.463. The fourth-order valence-corrected chi connectivity index (χ4v) is 3.07. The summed E-state index contributed by atoms with van der Waals surface area (Å²) in [6.45, 7) is 1.23. The number of benzene rings is 2. The molecule has 140 valence electrons. The monoisotopic (exact) mass is 384 g/mol. The third kappa shape index (κ3) is 5.72. The van der Waals surface area contributed by atoms with Crippen molar-refractivity contribution in [2.75, 3.05) is 18.5 Å². The number of hydrogen-bond donors (Lipinski definition) is 1. The molecule has 1 unspecified atom stereocenters. The maximum Gasteiger partial charge on any atom is 0.224 e. The number of halogens is 1. The zero-order valence-corrected chi connectivity index (χ0v) is 15.7. The largest absolute Gasteiger partial charge is 0.489 e. The lowest BCUT2D eigenvalue weighted by Gasteiger charge is -2.15. The molecule has 1 fully saturated rings. The summed E-state index contributed by atoms with van der Waals surface area (Å²) in [6, 6.07) is 14.5. The Labute approximate surface area is 163 Å². The van der Waals surface area contributed by atoms with E-state index in [2.05, 4.69) is 11.4 Å². The Morgan fingerprint density at radius 1 is 1.30 bits per heavy atom. The molecular weight excluding hydrogens is 364 g/mol. The van der Waals surface area contributed by atoms with Gasteiger partial charge in [0.05, 0.1) is 23.4 Å². The molecule has 1 amide bonds. The first-order valence-corrected chi connectivity index (χ1v) is 9.34. The van der Waals surface area contributed by atoms with E-state index in [1.54, 1.807) is 30.3 Å². The molecule has 2 aromatic rings. The summed E-state index contributed by atoms with van der Waals surface area (Å²) >= 11 is 6.07. The van der Waals surface area contributed by atoms with Crippen molar-refractivity contribution in [3.63, 3.8) is 0 Å². The van der Waals surface area contributed by atoms with Gasteiger partial charge < -0.3 is 14.8 Å². The maximum atomic E-state index is 12.3. The van der Waals surface area contributed by atoms with E-state index < -0.39 is 0 Å². The third-order valence-electron chi connectivity index (χ3n) is 4.39. The van der Waals surface area contributed by atoms with Gasteiger partial charge in [0.1, 0.15) is 12.4 Å². The number of nitrogens with zero attached hydrogens (tertiary/aromatic N) is 1. The molecule has 1 aliphatic rings. The molecule has 0 aliphatic carbocycles. The molecular formula is C21H21ClN2O3. The first-order valence-electron chi connectivity index (χ1n) is 8.97. The normalized spacial score (nSPS) is 15.9. The number of anilines is 1. The second-order valence-corrected chi connectivity index (χ2v) is 6.88. The lowest BCUT2D eigenvalue weighted by Crippen LogP contribution is -2.18. The van der Waals surface area contributed by atoms with E-state index in [4.69, 9.17) is 26.3 Å². The summed E-state index contributed by atoms with van der Waals surface area (Å²) in [4.78, 5) is 12.3. The lowest BCUT2D eigenvalue weighted by atomic mass is 10.1. The molecule has 0 aromatic heterocycles. The Kier molecular flexibility index (Phi) is 6.69. The van der Waals surface area contributed by atoms with E-state index in [0.29, 0.717) is 41.5 Å². The highest BCUT2D eigenvalue weighted by atomic mass is 35.5. The fourth-order valence-electron chi connectivity index (χ4n) is 2.90. The third-order valence-corrected chi connectivity index (χ3v) is 4.62. The van der Waals surface area contributed by atoms with E-state index >= 15 is 0 Å². The van der Waals surface area contributed by atoms with Crippen molar-refractivity contribution in [3.8, 4) is 11.8 Å². The summed E-state index contributed by atoms with van der Waals surface area (Å²) in [7, 11) is 0. The van der Waals surface area contributed by atoms with Crippen molar-refractivity contribution >= 4 is 23.2 Å². The lowest BCUT2D eigenvalue weighted by molar-refractivity contribution is -0.116. The van der Waals surface area contributed by atoms with Crippen LogP contribution in [0.3, 0.4) is 0 Å². The van der Waals surface area contributed by atoms with Crippen LogP contribution in [0.4, 0.5) is 5.69 Å². The Morgan fingerprint density at radius 3 is 2.81 bits per heavy atom. The molecule has 2 aromatic carbocycles. The van der Waals surface area contributed by atoms with E-state index in [9.17, 15) is 4.79 Å². The molecule has 0 bridgehead atoms. The van der Waals surface area contributed by atoms with Crippen LogP contribution in [-0.4, -0.2) is 25.2 Å². The van der Waals surface area contributed by atoms with Gasteiger partial charge in [-0.25, -0.2) is 0 Å². The quantitative estimate of drug-likeness (QED) is 0.770. The number of nitrogens with one attached hydrogen (secondary N) is 1. The van der Waals surface area contributed by atoms with Gasteiger partial charge in [-0.3, -0.25) is 4.79 Å². The topological polar surface area (TPSA) is 71.4 Å². The van der Waals surface area contributed by atoms with Crippen LogP contribution in [0, 0.1) is 11.3 Å². The zero-order chi connectivity index (χ0) is 19.1. The molecule has 1 aliphatic heterocycles. The highest BCUT2D eigenvalue weighted by Gasteiger charge is 2.17. The van der Waals surface area contributed by atoms with Gasteiger partial charge >= 0.3 is 0 Å². The molecule has 1 N–H and O–H groups in total. The predicted octanol–water partition coefficient (Wildman–Crippen LogP) is 4.34. The maximum absolute atomic E-state index is 12.3. The highest BCUT2D eigenvalue weighted by molar-refractivity contribution is 6.31. The van der Waals surface area contributed by atoms with E-state index in [1.807, 2.05) is 12.1 Å². The fraction of sp³-hybridized carbons (Fsp3) is 0.333. The van der Waals surface area contributed by atoms with Crippen molar-refractivity contribution in [3.05, 3.63) is 58.6 Å². The van der Waals surface area contributed by atoms with Gasteiger partial charge in [0.15, 0.2) is 0 Å². The van der Waals surface area contributed by atoms with Gasteiger partial charge in [-0.1, -0.05) is 23.7 Å². The van der Waals surface area contributed by atoms with Crippen LogP contribution in [0.15, 0.2) is 42.5 Å². The van der Waals surface area contributed by atoms with Crippen LogP contribution in [0.2, 0.25) is 5.02 Å². The molecule has 0 saturated carbocycles. The first kappa shape index (κ1) is 19.2. The van der Waals surface area contributed by atoms with Crippen LogP contribution in [-0.2, 0) is 16.0 Å². The number of nitriles is 1. The Hall–Kier alpha value is -2.55. The number of rotatable bonds is 7. The molecule has 1 saturated heterocycles. The van der Waals surface area contributed by atoms with Crippen molar-refractivity contribution < 1.29 is 14.3 Å². The average Bonchev–Trinajstić information content (AvgIpc) is 3.20. The van der Waals surface area contributed by atoms with Crippen molar-refractivity contribution in [2.24, 2.45) is 0 Å². The van der Waals surface area contributed by atoms with Gasteiger partial charge in [0.2, 0.25) is 5.91 Å². The molecule has 5 nitrogen and oxygen atoms in total. The molecule has 1 atom stereocenters. The average molecular weight is 385 g/mol. The standard InChI is InChI=1S/C21H21ClN2O3/c22-17-8-9-20(27-14-18-2-1-11-26-18)19(12-17)24-21(25)10-7-15-3-5-16(13-23)6-4-15/h3-6,8-9,12,18H,1-2,7,10-11,14H2,(H,24,25). The Bertz CT molecular complexity index is 824. The van der Waals surface area contributed by atoms with Gasteiger partial charge in [0, 0.05) is 18.1 Å². The Morgan fingerprint density at radius 2 is 2.11 bits per heavy atom. The zero-order valence-electron chi connectivity index (χ0n) is 14.9. The number of amides is 1. The molecule has 27 heavy (non-hydrogen) atoms. The van der Waals surface area contributed by atoms with Gasteiger partial charge in [-0.2, -0.15) is 5.26 Å². The number of ether oxygens (including phenoxy) is 2. The summed E-state index contributed by atoms with van der Waals surface area (Å²) in [6.07, 6.45) is 3.04. The minimum atomic E-state index is -0.122. The van der Waals surface area contributed by atoms with Gasteiger partial charge in [-0.05, 0) is 55.2 Å². The van der Waals surface area contributed by atoms with Crippen molar-refractivity contribution in [1.82, 2.24) is 0 Å². The van der Waals surface area contributed by atoms with E-state index in [0.717, 1.165) is 25.0 Å². The molecule has 3 rings (SSSR count). The van der Waals surface area contributed by atoms with Crippen molar-refractivity contribution in [1.29, 1.82) is 5.26 Å². The molecule has 6 heteroatoms. The number of hydrogen-bond acceptors (Lipinski definition) is 4. The number of aryl methyl sites for hydroxylation is 1. The second kappa shape index (κ2) is 9.40. The van der Waals surface area contributed by atoms with Crippen LogP contribution in [0.25, 0.3) is 0 Å². The summed E-state index contributed by atoms with van der Waals surface area (Å²) in [5, 5.41) is 12.2. The minimum Gasteiger partial charge on any atom is -0.489 e. The van der Waals surface area contributed by atoms with E-state index in [-0.39, 0.29) is 12.0 Å². The Balaban J connectivity index is 1.56. The summed E-state index contributed by atoms with van der Waals surface area (Å²) < 4.78 is 11.4. The van der Waals surface area contributed by atoms with Crippen LogP contribution in [0.1, 0.15) is 30.4 Å². The number of carbonyl (C=O) groups is 1. The SMILES string of the molecule is N#Cc1ccc(CCC(=O)Nc2cc(Cl)ccc2OCC2CCCO2)cc1. The highest BCUT2D eigenvalue weighted by Crippen LogP contribution is 2.29. The van der Waals surface area contributed by atoms with Crippen LogP contribution < -0.4 is 10.1 Å². The van der Waals surface area contributed by atoms with Crippen molar-refractivity contribution in [2.45, 2.75) is 31.8 Å². The van der Waals surface area contributed by atoms with Crippen LogP contribution in [0.5, 0.6) is 5.75 Å². The first-order chi connectivity index (χ1) is 13.1. The van der Waals surface area contributed by atoms with Gasteiger partial charge in [0.25, 0.3) is 0 Å². The second-order valence-electron chi connectivity index (χ2n) is 6.44. The number of carbonyl (C=O) groups excluding carboxylic acids is 1. The van der Waals surface area contributed by atoms with Gasteiger partial charge in [-0.15, -0.1) is 0 Å². The summed E-state index contributed by atoms with van der Waals surface area (Å²) in [5.41, 5.74) is 2.17. The van der Waals surface area contributed by atoms with Crippen LogP contribution >= 0.6 is 11.6 Å². The molecule has 0 spiro atoms. The predicted molar refractivity (Wildman–Crippen MR) is 104 cm³/mol. The van der Waals surface area contributed by atoms with E-state index in [1.165, 1.54) is 0 Å². The molecule has 1 heterocycles.